The maximum absolute atomic E-state index is 9.57. The molecule has 1 aromatic heterocycles. The lowest BCUT2D eigenvalue weighted by molar-refractivity contribution is 0.138. The Labute approximate surface area is 85.2 Å². The number of nitrogens with zero attached hydrogens (tertiary/aromatic N) is 1. The SMILES string of the molecule is Cc1cccc(NCC(O)C(C)C)n1. The zero-order valence-corrected chi connectivity index (χ0v) is 8.99. The predicted octanol–water partition coefficient (Wildman–Crippen LogP) is 1.82. The van der Waals surface area contributed by atoms with Gasteiger partial charge in [0.25, 0.3) is 0 Å². The van der Waals surface area contributed by atoms with Crippen LogP contribution in [0.1, 0.15) is 19.5 Å². The lowest BCUT2D eigenvalue weighted by Gasteiger charge is -2.15. The fourth-order valence-electron chi connectivity index (χ4n) is 1.09. The molecular formula is C11H18N2O. The van der Waals surface area contributed by atoms with Gasteiger partial charge in [-0.15, -0.1) is 0 Å². The van der Waals surface area contributed by atoms with E-state index in [4.69, 9.17) is 0 Å². The summed E-state index contributed by atoms with van der Waals surface area (Å²) in [4.78, 5) is 4.28. The predicted molar refractivity (Wildman–Crippen MR) is 58.3 cm³/mol. The van der Waals surface area contributed by atoms with Gasteiger partial charge in [0.2, 0.25) is 0 Å². The lowest BCUT2D eigenvalue weighted by Crippen LogP contribution is -2.25. The molecule has 14 heavy (non-hydrogen) atoms. The van der Waals surface area contributed by atoms with Gasteiger partial charge in [-0.3, -0.25) is 0 Å². The summed E-state index contributed by atoms with van der Waals surface area (Å²) in [5.41, 5.74) is 0.981. The average molecular weight is 194 g/mol. The van der Waals surface area contributed by atoms with Gasteiger partial charge >= 0.3 is 0 Å². The Bertz CT molecular complexity index is 286. The zero-order valence-electron chi connectivity index (χ0n) is 8.99. The number of hydrogen-bond donors (Lipinski definition) is 2. The minimum absolute atomic E-state index is 0.271. The summed E-state index contributed by atoms with van der Waals surface area (Å²) >= 11 is 0. The first kappa shape index (κ1) is 11.0. The molecular weight excluding hydrogens is 176 g/mol. The molecule has 3 nitrogen and oxygen atoms in total. The third-order valence-corrected chi connectivity index (χ3v) is 2.15. The van der Waals surface area contributed by atoms with Crippen molar-refractivity contribution in [3.05, 3.63) is 23.9 Å². The zero-order chi connectivity index (χ0) is 10.6. The van der Waals surface area contributed by atoms with Crippen LogP contribution in [-0.4, -0.2) is 22.7 Å². The molecule has 1 heterocycles. The molecule has 0 radical (unpaired) electrons. The van der Waals surface area contributed by atoms with Crippen LogP contribution in [0.25, 0.3) is 0 Å². The highest BCUT2D eigenvalue weighted by Gasteiger charge is 2.08. The molecule has 2 N–H and O–H groups in total. The smallest absolute Gasteiger partial charge is 0.126 e. The maximum atomic E-state index is 9.57. The van der Waals surface area contributed by atoms with Crippen LogP contribution >= 0.6 is 0 Å². The Hall–Kier alpha value is -1.09. The number of aromatic nitrogens is 1. The molecule has 0 aliphatic rings. The first-order chi connectivity index (χ1) is 6.59. The molecule has 1 rings (SSSR count). The van der Waals surface area contributed by atoms with Gasteiger partial charge in [0.15, 0.2) is 0 Å². The maximum Gasteiger partial charge on any atom is 0.126 e. The third-order valence-electron chi connectivity index (χ3n) is 2.15. The van der Waals surface area contributed by atoms with Crippen LogP contribution in [0.5, 0.6) is 0 Å². The van der Waals surface area contributed by atoms with Gasteiger partial charge in [0.05, 0.1) is 6.10 Å². The van der Waals surface area contributed by atoms with E-state index >= 15 is 0 Å². The van der Waals surface area contributed by atoms with E-state index < -0.39 is 0 Å². The third kappa shape index (κ3) is 3.34. The monoisotopic (exact) mass is 194 g/mol. The number of rotatable bonds is 4. The number of aryl methyl sites for hydroxylation is 1. The number of pyridine rings is 1. The highest BCUT2D eigenvalue weighted by atomic mass is 16.3. The number of anilines is 1. The minimum Gasteiger partial charge on any atom is -0.391 e. The second-order valence-electron chi connectivity index (χ2n) is 3.86. The van der Waals surface area contributed by atoms with E-state index in [2.05, 4.69) is 10.3 Å². The van der Waals surface area contributed by atoms with Crippen molar-refractivity contribution in [3.8, 4) is 0 Å². The molecule has 1 aromatic rings. The van der Waals surface area contributed by atoms with Crippen LogP contribution in [-0.2, 0) is 0 Å². The highest BCUT2D eigenvalue weighted by molar-refractivity contribution is 5.35. The lowest BCUT2D eigenvalue weighted by atomic mass is 10.1. The van der Waals surface area contributed by atoms with Gasteiger partial charge in [-0.2, -0.15) is 0 Å². The summed E-state index contributed by atoms with van der Waals surface area (Å²) in [5, 5.41) is 12.7. The highest BCUT2D eigenvalue weighted by Crippen LogP contribution is 2.06. The standard InChI is InChI=1S/C11H18N2O/c1-8(2)10(14)7-12-11-6-4-5-9(3)13-11/h4-6,8,10,14H,7H2,1-3H3,(H,12,13). The number of aliphatic hydroxyl groups is 1. The summed E-state index contributed by atoms with van der Waals surface area (Å²) < 4.78 is 0. The fourth-order valence-corrected chi connectivity index (χ4v) is 1.09. The molecule has 0 bridgehead atoms. The topological polar surface area (TPSA) is 45.1 Å². The fraction of sp³-hybridized carbons (Fsp3) is 0.545. The number of aliphatic hydroxyl groups excluding tert-OH is 1. The number of hydrogen-bond acceptors (Lipinski definition) is 3. The molecule has 1 unspecified atom stereocenters. The van der Waals surface area contributed by atoms with Crippen molar-refractivity contribution in [1.29, 1.82) is 0 Å². The van der Waals surface area contributed by atoms with Gasteiger partial charge in [-0.05, 0) is 25.0 Å². The normalized spacial score (nSPS) is 12.9. The molecule has 1 atom stereocenters. The molecule has 0 saturated heterocycles. The van der Waals surface area contributed by atoms with Crippen molar-refractivity contribution in [2.24, 2.45) is 5.92 Å². The summed E-state index contributed by atoms with van der Waals surface area (Å²) in [7, 11) is 0. The first-order valence-corrected chi connectivity index (χ1v) is 4.95. The van der Waals surface area contributed by atoms with E-state index in [-0.39, 0.29) is 12.0 Å². The van der Waals surface area contributed by atoms with Crippen LogP contribution in [0.4, 0.5) is 5.82 Å². The van der Waals surface area contributed by atoms with Gasteiger partial charge < -0.3 is 10.4 Å². The Balaban J connectivity index is 2.45. The molecule has 0 aliphatic heterocycles. The van der Waals surface area contributed by atoms with Crippen molar-refractivity contribution in [2.75, 3.05) is 11.9 Å². The molecule has 0 aliphatic carbocycles. The van der Waals surface area contributed by atoms with E-state index in [1.54, 1.807) is 0 Å². The van der Waals surface area contributed by atoms with E-state index in [0.717, 1.165) is 11.5 Å². The van der Waals surface area contributed by atoms with Crippen LogP contribution in [0, 0.1) is 12.8 Å². The number of nitrogens with one attached hydrogen (secondary N) is 1. The van der Waals surface area contributed by atoms with Crippen molar-refractivity contribution < 1.29 is 5.11 Å². The molecule has 0 aromatic carbocycles. The summed E-state index contributed by atoms with van der Waals surface area (Å²) in [6.45, 7) is 6.49. The summed E-state index contributed by atoms with van der Waals surface area (Å²) in [6.07, 6.45) is -0.322. The molecule has 0 fully saturated rings. The molecule has 3 heteroatoms. The molecule has 0 amide bonds. The van der Waals surface area contributed by atoms with Crippen LogP contribution in [0.15, 0.2) is 18.2 Å². The Morgan fingerprint density at radius 1 is 1.43 bits per heavy atom. The van der Waals surface area contributed by atoms with E-state index in [1.165, 1.54) is 0 Å². The van der Waals surface area contributed by atoms with Crippen molar-refractivity contribution in [3.63, 3.8) is 0 Å². The van der Waals surface area contributed by atoms with Crippen molar-refractivity contribution in [1.82, 2.24) is 4.98 Å². The first-order valence-electron chi connectivity index (χ1n) is 4.95. The Morgan fingerprint density at radius 3 is 2.71 bits per heavy atom. The van der Waals surface area contributed by atoms with Gasteiger partial charge in [0.1, 0.15) is 5.82 Å². The van der Waals surface area contributed by atoms with E-state index in [9.17, 15) is 5.11 Å². The second-order valence-corrected chi connectivity index (χ2v) is 3.86. The largest absolute Gasteiger partial charge is 0.391 e. The van der Waals surface area contributed by atoms with E-state index in [1.807, 2.05) is 39.0 Å². The van der Waals surface area contributed by atoms with Crippen LogP contribution in [0.2, 0.25) is 0 Å². The quantitative estimate of drug-likeness (QED) is 0.768. The van der Waals surface area contributed by atoms with Crippen molar-refractivity contribution >= 4 is 5.82 Å². The average Bonchev–Trinajstić information content (AvgIpc) is 2.14. The van der Waals surface area contributed by atoms with Crippen molar-refractivity contribution in [2.45, 2.75) is 26.9 Å². The Kier molecular flexibility index (Phi) is 3.89. The van der Waals surface area contributed by atoms with Gasteiger partial charge in [-0.1, -0.05) is 19.9 Å². The minimum atomic E-state index is -0.322. The van der Waals surface area contributed by atoms with Gasteiger partial charge in [-0.25, -0.2) is 4.98 Å². The summed E-state index contributed by atoms with van der Waals surface area (Å²) in [6, 6.07) is 5.80. The van der Waals surface area contributed by atoms with Crippen LogP contribution < -0.4 is 5.32 Å². The summed E-state index contributed by atoms with van der Waals surface area (Å²) in [5.74, 6) is 1.09. The Morgan fingerprint density at radius 2 is 2.14 bits per heavy atom. The molecule has 0 spiro atoms. The van der Waals surface area contributed by atoms with E-state index in [0.29, 0.717) is 6.54 Å². The molecule has 0 saturated carbocycles. The second kappa shape index (κ2) is 4.96. The van der Waals surface area contributed by atoms with Crippen LogP contribution in [0.3, 0.4) is 0 Å². The van der Waals surface area contributed by atoms with Gasteiger partial charge in [0, 0.05) is 12.2 Å². The molecule has 78 valence electrons.